The van der Waals surface area contributed by atoms with Gasteiger partial charge in [-0.25, -0.2) is 14.1 Å². The first-order chi connectivity index (χ1) is 12.5. The molecule has 0 spiro atoms. The smallest absolute Gasteiger partial charge is 0.265 e. The molecular formula is C18H16BrFN4O2. The van der Waals surface area contributed by atoms with E-state index in [2.05, 4.69) is 31.3 Å². The molecule has 0 saturated carbocycles. The maximum absolute atomic E-state index is 13.1. The summed E-state index contributed by atoms with van der Waals surface area (Å²) in [6.07, 6.45) is 2.34. The SMILES string of the molecule is CC(Oc1ccc(F)cc1Br)C(=O)Nc1cccc(Cn2cncn2)c1. The van der Waals surface area contributed by atoms with Crippen molar-refractivity contribution in [3.05, 3.63) is 71.0 Å². The van der Waals surface area contributed by atoms with Crippen molar-refractivity contribution in [3.8, 4) is 5.75 Å². The first-order valence-electron chi connectivity index (χ1n) is 7.85. The van der Waals surface area contributed by atoms with Gasteiger partial charge in [-0.2, -0.15) is 5.10 Å². The summed E-state index contributed by atoms with van der Waals surface area (Å²) in [4.78, 5) is 16.3. The molecule has 1 aromatic heterocycles. The second-order valence-electron chi connectivity index (χ2n) is 5.62. The van der Waals surface area contributed by atoms with E-state index in [0.717, 1.165) is 5.56 Å². The van der Waals surface area contributed by atoms with Gasteiger partial charge in [0.15, 0.2) is 6.10 Å². The average molecular weight is 419 g/mol. The zero-order chi connectivity index (χ0) is 18.5. The van der Waals surface area contributed by atoms with Gasteiger partial charge in [0.1, 0.15) is 24.2 Å². The van der Waals surface area contributed by atoms with Crippen molar-refractivity contribution in [2.45, 2.75) is 19.6 Å². The van der Waals surface area contributed by atoms with E-state index in [1.165, 1.54) is 24.5 Å². The van der Waals surface area contributed by atoms with Crippen LogP contribution in [0.15, 0.2) is 59.6 Å². The minimum atomic E-state index is -0.754. The van der Waals surface area contributed by atoms with Crippen LogP contribution in [0.1, 0.15) is 12.5 Å². The lowest BCUT2D eigenvalue weighted by atomic mass is 10.2. The van der Waals surface area contributed by atoms with Gasteiger partial charge < -0.3 is 10.1 Å². The van der Waals surface area contributed by atoms with Gasteiger partial charge in [-0.3, -0.25) is 4.79 Å². The quantitative estimate of drug-likeness (QED) is 0.663. The molecule has 0 aliphatic rings. The molecule has 6 nitrogen and oxygen atoms in total. The Morgan fingerprint density at radius 1 is 1.35 bits per heavy atom. The minimum Gasteiger partial charge on any atom is -0.480 e. The summed E-state index contributed by atoms with van der Waals surface area (Å²) in [6, 6.07) is 11.5. The number of aromatic nitrogens is 3. The van der Waals surface area contributed by atoms with E-state index < -0.39 is 6.10 Å². The molecule has 8 heteroatoms. The molecule has 1 heterocycles. The summed E-state index contributed by atoms with van der Waals surface area (Å²) in [6.45, 7) is 2.18. The number of carbonyl (C=O) groups excluding carboxylic acids is 1. The highest BCUT2D eigenvalue weighted by molar-refractivity contribution is 9.10. The van der Waals surface area contributed by atoms with E-state index >= 15 is 0 Å². The summed E-state index contributed by atoms with van der Waals surface area (Å²) in [5.41, 5.74) is 1.63. The minimum absolute atomic E-state index is 0.306. The second kappa shape index (κ2) is 8.09. The fourth-order valence-electron chi connectivity index (χ4n) is 2.31. The van der Waals surface area contributed by atoms with Crippen LogP contribution in [-0.4, -0.2) is 26.8 Å². The molecule has 1 N–H and O–H groups in total. The highest BCUT2D eigenvalue weighted by atomic mass is 79.9. The Morgan fingerprint density at radius 3 is 2.92 bits per heavy atom. The Hall–Kier alpha value is -2.74. The van der Waals surface area contributed by atoms with Crippen LogP contribution in [0.3, 0.4) is 0 Å². The summed E-state index contributed by atoms with van der Waals surface area (Å²) >= 11 is 3.22. The Balaban J connectivity index is 1.63. The Bertz CT molecular complexity index is 902. The summed E-state index contributed by atoms with van der Waals surface area (Å²) in [5, 5.41) is 6.87. The molecule has 0 radical (unpaired) electrons. The lowest BCUT2D eigenvalue weighted by Gasteiger charge is -2.16. The fraction of sp³-hybridized carbons (Fsp3) is 0.167. The van der Waals surface area contributed by atoms with Crippen molar-refractivity contribution in [1.82, 2.24) is 14.8 Å². The molecule has 26 heavy (non-hydrogen) atoms. The summed E-state index contributed by atoms with van der Waals surface area (Å²) < 4.78 is 20.9. The number of nitrogens with one attached hydrogen (secondary N) is 1. The van der Waals surface area contributed by atoms with Crippen molar-refractivity contribution < 1.29 is 13.9 Å². The predicted molar refractivity (Wildman–Crippen MR) is 98.4 cm³/mol. The lowest BCUT2D eigenvalue weighted by Crippen LogP contribution is -2.30. The Labute approximate surface area is 158 Å². The third kappa shape index (κ3) is 4.66. The van der Waals surface area contributed by atoms with Gasteiger partial charge in [0.2, 0.25) is 0 Å². The molecule has 0 saturated heterocycles. The van der Waals surface area contributed by atoms with Gasteiger partial charge in [-0.05, 0) is 58.7 Å². The number of hydrogen-bond acceptors (Lipinski definition) is 4. The van der Waals surface area contributed by atoms with Crippen molar-refractivity contribution in [3.63, 3.8) is 0 Å². The number of ether oxygens (including phenoxy) is 1. The lowest BCUT2D eigenvalue weighted by molar-refractivity contribution is -0.122. The van der Waals surface area contributed by atoms with E-state index in [-0.39, 0.29) is 11.7 Å². The number of anilines is 1. The summed E-state index contributed by atoms with van der Waals surface area (Å²) in [5.74, 6) is -0.293. The largest absolute Gasteiger partial charge is 0.480 e. The molecule has 2 aromatic carbocycles. The van der Waals surface area contributed by atoms with Gasteiger partial charge >= 0.3 is 0 Å². The van der Waals surface area contributed by atoms with Crippen LogP contribution in [0.5, 0.6) is 5.75 Å². The van der Waals surface area contributed by atoms with Crippen LogP contribution >= 0.6 is 15.9 Å². The van der Waals surface area contributed by atoms with Crippen LogP contribution < -0.4 is 10.1 Å². The molecule has 1 atom stereocenters. The van der Waals surface area contributed by atoms with E-state index in [0.29, 0.717) is 22.5 Å². The number of halogens is 2. The normalized spacial score (nSPS) is 11.8. The highest BCUT2D eigenvalue weighted by Crippen LogP contribution is 2.26. The number of benzene rings is 2. The van der Waals surface area contributed by atoms with E-state index in [9.17, 15) is 9.18 Å². The second-order valence-corrected chi connectivity index (χ2v) is 6.47. The molecule has 0 bridgehead atoms. The molecule has 0 fully saturated rings. The third-order valence-corrected chi connectivity index (χ3v) is 4.19. The molecule has 3 aromatic rings. The predicted octanol–water partition coefficient (Wildman–Crippen LogP) is 3.63. The van der Waals surface area contributed by atoms with Crippen molar-refractivity contribution in [2.75, 3.05) is 5.32 Å². The first kappa shape index (κ1) is 18.1. The molecule has 0 aliphatic carbocycles. The first-order valence-corrected chi connectivity index (χ1v) is 8.64. The standard InChI is InChI=1S/C18H16BrFN4O2/c1-12(26-17-6-5-14(20)8-16(17)19)18(25)23-15-4-2-3-13(7-15)9-24-11-21-10-22-24/h2-8,10-12H,9H2,1H3,(H,23,25). The van der Waals surface area contributed by atoms with E-state index in [4.69, 9.17) is 4.74 Å². The van der Waals surface area contributed by atoms with Gasteiger partial charge in [0, 0.05) is 5.69 Å². The van der Waals surface area contributed by atoms with E-state index in [1.54, 1.807) is 24.0 Å². The number of amides is 1. The fourth-order valence-corrected chi connectivity index (χ4v) is 2.75. The van der Waals surface area contributed by atoms with Crippen LogP contribution in [0, 0.1) is 5.82 Å². The van der Waals surface area contributed by atoms with Crippen molar-refractivity contribution >= 4 is 27.5 Å². The molecule has 1 unspecified atom stereocenters. The third-order valence-electron chi connectivity index (χ3n) is 3.57. The molecule has 134 valence electrons. The summed E-state index contributed by atoms with van der Waals surface area (Å²) in [7, 11) is 0. The Kier molecular flexibility index (Phi) is 5.62. The number of hydrogen-bond donors (Lipinski definition) is 1. The van der Waals surface area contributed by atoms with Crippen molar-refractivity contribution in [1.29, 1.82) is 0 Å². The number of rotatable bonds is 6. The number of carbonyl (C=O) groups is 1. The molecule has 1 amide bonds. The monoisotopic (exact) mass is 418 g/mol. The van der Waals surface area contributed by atoms with Gasteiger partial charge in [0.25, 0.3) is 5.91 Å². The molecule has 3 rings (SSSR count). The van der Waals surface area contributed by atoms with Crippen LogP contribution in [0.4, 0.5) is 10.1 Å². The number of nitrogens with zero attached hydrogens (tertiary/aromatic N) is 3. The molecule has 0 aliphatic heterocycles. The zero-order valence-electron chi connectivity index (χ0n) is 13.9. The maximum atomic E-state index is 13.1. The van der Waals surface area contributed by atoms with Crippen LogP contribution in [-0.2, 0) is 11.3 Å². The van der Waals surface area contributed by atoms with E-state index in [1.807, 2.05) is 18.2 Å². The van der Waals surface area contributed by atoms with Gasteiger partial charge in [0.05, 0.1) is 11.0 Å². The topological polar surface area (TPSA) is 69.0 Å². The van der Waals surface area contributed by atoms with Crippen LogP contribution in [0.25, 0.3) is 0 Å². The van der Waals surface area contributed by atoms with Gasteiger partial charge in [-0.15, -0.1) is 0 Å². The average Bonchev–Trinajstić information content (AvgIpc) is 3.10. The zero-order valence-corrected chi connectivity index (χ0v) is 15.5. The molecular weight excluding hydrogens is 403 g/mol. The van der Waals surface area contributed by atoms with Crippen molar-refractivity contribution in [2.24, 2.45) is 0 Å². The maximum Gasteiger partial charge on any atom is 0.265 e. The Morgan fingerprint density at radius 2 is 2.19 bits per heavy atom. The van der Waals surface area contributed by atoms with Gasteiger partial charge in [-0.1, -0.05) is 12.1 Å². The highest BCUT2D eigenvalue weighted by Gasteiger charge is 2.16. The van der Waals surface area contributed by atoms with Crippen LogP contribution in [0.2, 0.25) is 0 Å².